The van der Waals surface area contributed by atoms with Gasteiger partial charge < -0.3 is 5.11 Å². The van der Waals surface area contributed by atoms with Crippen LogP contribution in [0.25, 0.3) is 0 Å². The first-order valence-electron chi connectivity index (χ1n) is 5.91. The largest absolute Gasteiger partial charge is 0.394 e. The Morgan fingerprint density at radius 3 is 2.67 bits per heavy atom. The van der Waals surface area contributed by atoms with Crippen LogP contribution in [0.1, 0.15) is 50.1 Å². The highest BCUT2D eigenvalue weighted by Gasteiger charge is 2.18. The van der Waals surface area contributed by atoms with Crippen molar-refractivity contribution < 1.29 is 5.11 Å². The summed E-state index contributed by atoms with van der Waals surface area (Å²) >= 11 is 0. The number of nitrogens with zero attached hydrogens (tertiary/aromatic N) is 3. The van der Waals surface area contributed by atoms with Crippen molar-refractivity contribution in [2.45, 2.75) is 51.0 Å². The summed E-state index contributed by atoms with van der Waals surface area (Å²) < 4.78 is 1.86. The van der Waals surface area contributed by atoms with Crippen molar-refractivity contribution in [1.29, 1.82) is 0 Å². The first-order chi connectivity index (χ1) is 7.42. The summed E-state index contributed by atoms with van der Waals surface area (Å²) in [6.07, 6.45) is 9.71. The molecule has 84 valence electrons. The summed E-state index contributed by atoms with van der Waals surface area (Å²) in [5.41, 5.74) is 1.21. The maximum Gasteiger partial charge on any atom is 0.0728 e. The van der Waals surface area contributed by atoms with Crippen molar-refractivity contribution in [3.63, 3.8) is 0 Å². The molecule has 2 rings (SSSR count). The summed E-state index contributed by atoms with van der Waals surface area (Å²) in [6, 6.07) is 0. The van der Waals surface area contributed by atoms with Gasteiger partial charge in [0, 0.05) is 5.92 Å². The first kappa shape index (κ1) is 10.6. The standard InChI is InChI=1S/C11H19N3O/c15-8-7-14-11(9-12-13-14)10-5-3-1-2-4-6-10/h9-10,15H,1-8H2. The lowest BCUT2D eigenvalue weighted by Gasteiger charge is -2.14. The van der Waals surface area contributed by atoms with Gasteiger partial charge in [-0.1, -0.05) is 30.9 Å². The highest BCUT2D eigenvalue weighted by Crippen LogP contribution is 2.30. The number of aromatic nitrogens is 3. The van der Waals surface area contributed by atoms with Crippen LogP contribution in [0.15, 0.2) is 6.20 Å². The van der Waals surface area contributed by atoms with Crippen LogP contribution in [0.4, 0.5) is 0 Å². The topological polar surface area (TPSA) is 50.9 Å². The minimum atomic E-state index is 0.142. The van der Waals surface area contributed by atoms with E-state index in [2.05, 4.69) is 10.3 Å². The Morgan fingerprint density at radius 1 is 1.27 bits per heavy atom. The van der Waals surface area contributed by atoms with Gasteiger partial charge in [0.15, 0.2) is 0 Å². The second-order valence-corrected chi connectivity index (χ2v) is 4.29. The Labute approximate surface area is 90.3 Å². The zero-order valence-corrected chi connectivity index (χ0v) is 9.10. The number of aliphatic hydroxyl groups is 1. The minimum Gasteiger partial charge on any atom is -0.394 e. The van der Waals surface area contributed by atoms with Gasteiger partial charge in [0.25, 0.3) is 0 Å². The predicted molar refractivity (Wildman–Crippen MR) is 57.6 cm³/mol. The summed E-state index contributed by atoms with van der Waals surface area (Å²) in [5.74, 6) is 0.606. The van der Waals surface area contributed by atoms with Crippen molar-refractivity contribution in [1.82, 2.24) is 15.0 Å². The van der Waals surface area contributed by atoms with Gasteiger partial charge >= 0.3 is 0 Å². The second kappa shape index (κ2) is 5.26. The third kappa shape index (κ3) is 2.56. The highest BCUT2D eigenvalue weighted by molar-refractivity contribution is 5.03. The molecule has 15 heavy (non-hydrogen) atoms. The molecule has 1 aliphatic carbocycles. The fourth-order valence-electron chi connectivity index (χ4n) is 2.43. The first-order valence-corrected chi connectivity index (χ1v) is 5.91. The second-order valence-electron chi connectivity index (χ2n) is 4.29. The molecule has 0 amide bonds. The Balaban J connectivity index is 2.08. The molecule has 1 N–H and O–H groups in total. The van der Waals surface area contributed by atoms with Crippen molar-refractivity contribution in [2.24, 2.45) is 0 Å². The van der Waals surface area contributed by atoms with Crippen molar-refractivity contribution in [3.8, 4) is 0 Å². The van der Waals surface area contributed by atoms with Gasteiger partial charge in [-0.3, -0.25) is 0 Å². The lowest BCUT2D eigenvalue weighted by atomic mass is 9.97. The number of hydrogen-bond donors (Lipinski definition) is 1. The lowest BCUT2D eigenvalue weighted by molar-refractivity contribution is 0.264. The molecule has 1 aliphatic rings. The molecule has 0 aromatic carbocycles. The van der Waals surface area contributed by atoms with Gasteiger partial charge in [0.05, 0.1) is 25.0 Å². The molecule has 1 aromatic rings. The fourth-order valence-corrected chi connectivity index (χ4v) is 2.43. The quantitative estimate of drug-likeness (QED) is 0.771. The molecule has 4 nitrogen and oxygen atoms in total. The van der Waals surface area contributed by atoms with E-state index in [1.165, 1.54) is 44.2 Å². The zero-order valence-electron chi connectivity index (χ0n) is 9.10. The molecule has 0 atom stereocenters. The summed E-state index contributed by atoms with van der Waals surface area (Å²) in [6.45, 7) is 0.717. The molecule has 0 spiro atoms. The molecule has 1 fully saturated rings. The minimum absolute atomic E-state index is 0.142. The van der Waals surface area contributed by atoms with Gasteiger partial charge in [-0.15, -0.1) is 5.10 Å². The number of hydrogen-bond acceptors (Lipinski definition) is 3. The molecule has 4 heteroatoms. The van der Waals surface area contributed by atoms with Crippen molar-refractivity contribution in [2.75, 3.05) is 6.61 Å². The van der Waals surface area contributed by atoms with E-state index in [-0.39, 0.29) is 6.61 Å². The molecule has 0 unspecified atom stereocenters. The maximum atomic E-state index is 8.93. The maximum absolute atomic E-state index is 8.93. The van der Waals surface area contributed by atoms with Crippen LogP contribution in [-0.4, -0.2) is 26.7 Å². The number of rotatable bonds is 3. The lowest BCUT2D eigenvalue weighted by Crippen LogP contribution is -2.11. The van der Waals surface area contributed by atoms with E-state index in [1.54, 1.807) is 0 Å². The average Bonchev–Trinajstić information content (AvgIpc) is 2.53. The van der Waals surface area contributed by atoms with Crippen LogP contribution in [-0.2, 0) is 6.54 Å². The van der Waals surface area contributed by atoms with E-state index in [1.807, 2.05) is 10.9 Å². The molecule has 0 aliphatic heterocycles. The smallest absolute Gasteiger partial charge is 0.0728 e. The Kier molecular flexibility index (Phi) is 3.72. The normalized spacial score (nSPS) is 19.0. The molecular formula is C11H19N3O. The van der Waals surface area contributed by atoms with Crippen LogP contribution < -0.4 is 0 Å². The van der Waals surface area contributed by atoms with E-state index in [4.69, 9.17) is 5.11 Å². The molecule has 0 bridgehead atoms. The van der Waals surface area contributed by atoms with Crippen LogP contribution in [0, 0.1) is 0 Å². The molecule has 1 heterocycles. The summed E-state index contributed by atoms with van der Waals surface area (Å²) in [5, 5.41) is 16.9. The van der Waals surface area contributed by atoms with Gasteiger partial charge in [-0.05, 0) is 12.8 Å². The number of aliphatic hydroxyl groups excluding tert-OH is 1. The molecule has 1 aromatic heterocycles. The van der Waals surface area contributed by atoms with Gasteiger partial charge in [-0.2, -0.15) is 0 Å². The Bertz CT molecular complexity index is 290. The predicted octanol–water partition coefficient (Wildman–Crippen LogP) is 1.71. The molecule has 1 saturated carbocycles. The van der Waals surface area contributed by atoms with Crippen LogP contribution in [0.2, 0.25) is 0 Å². The Morgan fingerprint density at radius 2 is 2.00 bits per heavy atom. The van der Waals surface area contributed by atoms with Crippen LogP contribution in [0.5, 0.6) is 0 Å². The van der Waals surface area contributed by atoms with Crippen LogP contribution in [0.3, 0.4) is 0 Å². The molecule has 0 saturated heterocycles. The SMILES string of the molecule is OCCn1nncc1C1CCCCCC1. The van der Waals surface area contributed by atoms with Gasteiger partial charge in [0.2, 0.25) is 0 Å². The van der Waals surface area contributed by atoms with E-state index >= 15 is 0 Å². The van der Waals surface area contributed by atoms with Crippen molar-refractivity contribution >= 4 is 0 Å². The van der Waals surface area contributed by atoms with E-state index in [0.29, 0.717) is 12.5 Å². The van der Waals surface area contributed by atoms with E-state index in [0.717, 1.165) is 0 Å². The monoisotopic (exact) mass is 209 g/mol. The summed E-state index contributed by atoms with van der Waals surface area (Å²) in [4.78, 5) is 0. The zero-order chi connectivity index (χ0) is 10.5. The fraction of sp³-hybridized carbons (Fsp3) is 0.818. The van der Waals surface area contributed by atoms with E-state index < -0.39 is 0 Å². The molecular weight excluding hydrogens is 190 g/mol. The highest BCUT2D eigenvalue weighted by atomic mass is 16.3. The third-order valence-electron chi connectivity index (χ3n) is 3.23. The van der Waals surface area contributed by atoms with Crippen LogP contribution >= 0.6 is 0 Å². The van der Waals surface area contributed by atoms with Gasteiger partial charge in [0.1, 0.15) is 0 Å². The third-order valence-corrected chi connectivity index (χ3v) is 3.23. The molecule has 0 radical (unpaired) electrons. The average molecular weight is 209 g/mol. The van der Waals surface area contributed by atoms with Gasteiger partial charge in [-0.25, -0.2) is 4.68 Å². The van der Waals surface area contributed by atoms with E-state index in [9.17, 15) is 0 Å². The Hall–Kier alpha value is -0.900. The van der Waals surface area contributed by atoms with Crippen molar-refractivity contribution in [3.05, 3.63) is 11.9 Å². The summed E-state index contributed by atoms with van der Waals surface area (Å²) in [7, 11) is 0.